The second-order valence-electron chi connectivity index (χ2n) is 6.80. The van der Waals surface area contributed by atoms with Gasteiger partial charge in [0.2, 0.25) is 5.91 Å². The van der Waals surface area contributed by atoms with Crippen LogP contribution in [0.5, 0.6) is 0 Å². The fourth-order valence-corrected chi connectivity index (χ4v) is 4.39. The molecule has 0 bridgehead atoms. The van der Waals surface area contributed by atoms with Crippen molar-refractivity contribution in [2.24, 2.45) is 4.99 Å². The average molecular weight is 461 g/mol. The summed E-state index contributed by atoms with van der Waals surface area (Å²) >= 11 is 6.18. The SMILES string of the molecule is C=C(C(=O)Nc1cc(NC(=O)CCC)ccc1Cl)C1=Nc2ccccc2S(=O)(=O)N1C. The maximum Gasteiger partial charge on any atom is 0.267 e. The fourth-order valence-electron chi connectivity index (χ4n) is 2.92. The number of nitrogens with zero attached hydrogens (tertiary/aromatic N) is 2. The molecule has 2 amide bonds. The van der Waals surface area contributed by atoms with Crippen molar-refractivity contribution in [1.82, 2.24) is 4.31 Å². The number of fused-ring (bicyclic) bond motifs is 1. The highest BCUT2D eigenvalue weighted by molar-refractivity contribution is 7.90. The Morgan fingerprint density at radius 1 is 1.16 bits per heavy atom. The van der Waals surface area contributed by atoms with Crippen LogP contribution in [0.2, 0.25) is 5.02 Å². The van der Waals surface area contributed by atoms with Gasteiger partial charge >= 0.3 is 0 Å². The van der Waals surface area contributed by atoms with Crippen molar-refractivity contribution in [3.05, 3.63) is 59.6 Å². The van der Waals surface area contributed by atoms with Crippen molar-refractivity contribution in [3.8, 4) is 0 Å². The van der Waals surface area contributed by atoms with Crippen LogP contribution in [-0.4, -0.2) is 37.4 Å². The number of rotatable bonds is 6. The molecular formula is C21H21ClN4O4S. The lowest BCUT2D eigenvalue weighted by Gasteiger charge is -2.27. The number of para-hydroxylation sites is 1. The molecule has 162 valence electrons. The summed E-state index contributed by atoms with van der Waals surface area (Å²) in [5.41, 5.74) is 0.775. The molecular weight excluding hydrogens is 440 g/mol. The summed E-state index contributed by atoms with van der Waals surface area (Å²) in [6.07, 6.45) is 1.06. The van der Waals surface area contributed by atoms with Crippen molar-refractivity contribution in [2.75, 3.05) is 17.7 Å². The number of amidine groups is 1. The third-order valence-electron chi connectivity index (χ3n) is 4.55. The van der Waals surface area contributed by atoms with E-state index < -0.39 is 15.9 Å². The Morgan fingerprint density at radius 3 is 2.58 bits per heavy atom. The molecule has 2 aromatic rings. The van der Waals surface area contributed by atoms with Crippen LogP contribution < -0.4 is 10.6 Å². The zero-order chi connectivity index (χ0) is 22.8. The van der Waals surface area contributed by atoms with Gasteiger partial charge in [-0.1, -0.05) is 37.2 Å². The Bertz CT molecular complexity index is 1210. The minimum Gasteiger partial charge on any atom is -0.326 e. The van der Waals surface area contributed by atoms with Gasteiger partial charge in [0, 0.05) is 19.2 Å². The standard InChI is InChI=1S/C21H21ClN4O4S/c1-4-7-19(27)23-14-10-11-15(22)17(12-14)25-21(28)13(2)20-24-16-8-5-6-9-18(16)31(29,30)26(20)3/h5-6,8-12H,2,4,7H2,1,3H3,(H,23,27)(H,25,28). The molecule has 0 aromatic heterocycles. The van der Waals surface area contributed by atoms with E-state index in [4.69, 9.17) is 11.6 Å². The summed E-state index contributed by atoms with van der Waals surface area (Å²) in [5, 5.41) is 5.57. The maximum atomic E-state index is 12.8. The van der Waals surface area contributed by atoms with Gasteiger partial charge in [0.25, 0.3) is 15.9 Å². The Labute approximate surface area is 185 Å². The van der Waals surface area contributed by atoms with E-state index in [9.17, 15) is 18.0 Å². The zero-order valence-corrected chi connectivity index (χ0v) is 18.5. The van der Waals surface area contributed by atoms with E-state index in [1.807, 2.05) is 6.92 Å². The molecule has 31 heavy (non-hydrogen) atoms. The molecule has 0 saturated carbocycles. The Balaban J connectivity index is 1.85. The first-order chi connectivity index (χ1) is 14.6. The third-order valence-corrected chi connectivity index (χ3v) is 6.67. The number of hydrogen-bond acceptors (Lipinski definition) is 5. The van der Waals surface area contributed by atoms with Crippen LogP contribution in [0.3, 0.4) is 0 Å². The molecule has 1 aliphatic heterocycles. The van der Waals surface area contributed by atoms with Crippen LogP contribution in [0.4, 0.5) is 17.1 Å². The van der Waals surface area contributed by atoms with Gasteiger partial charge in [-0.2, -0.15) is 0 Å². The number of carbonyl (C=O) groups excluding carboxylic acids is 2. The monoisotopic (exact) mass is 460 g/mol. The number of anilines is 2. The summed E-state index contributed by atoms with van der Waals surface area (Å²) in [4.78, 5) is 29.0. The summed E-state index contributed by atoms with van der Waals surface area (Å²) in [6, 6.07) is 10.9. The van der Waals surface area contributed by atoms with Crippen LogP contribution in [-0.2, 0) is 19.6 Å². The second kappa shape index (κ2) is 8.91. The number of likely N-dealkylation sites (N-methyl/N-ethyl adjacent to an activating group) is 1. The summed E-state index contributed by atoms with van der Waals surface area (Å²) < 4.78 is 26.4. The average Bonchev–Trinajstić information content (AvgIpc) is 2.73. The van der Waals surface area contributed by atoms with Crippen molar-refractivity contribution < 1.29 is 18.0 Å². The quantitative estimate of drug-likeness (QED) is 0.636. The van der Waals surface area contributed by atoms with E-state index in [-0.39, 0.29) is 38.6 Å². The summed E-state index contributed by atoms with van der Waals surface area (Å²) in [7, 11) is -2.56. The van der Waals surface area contributed by atoms with Crippen molar-refractivity contribution in [3.63, 3.8) is 0 Å². The van der Waals surface area contributed by atoms with Crippen LogP contribution in [0.1, 0.15) is 19.8 Å². The van der Waals surface area contributed by atoms with Gasteiger partial charge in [0.1, 0.15) is 4.90 Å². The van der Waals surface area contributed by atoms with Crippen LogP contribution in [0.25, 0.3) is 0 Å². The van der Waals surface area contributed by atoms with Crippen molar-refractivity contribution in [1.29, 1.82) is 0 Å². The van der Waals surface area contributed by atoms with E-state index in [1.165, 1.54) is 25.2 Å². The zero-order valence-electron chi connectivity index (χ0n) is 17.0. The number of nitrogens with one attached hydrogen (secondary N) is 2. The smallest absolute Gasteiger partial charge is 0.267 e. The number of aliphatic imine (C=N–C) groups is 1. The van der Waals surface area contributed by atoms with Gasteiger partial charge < -0.3 is 10.6 Å². The predicted octanol–water partition coefficient (Wildman–Crippen LogP) is 3.94. The van der Waals surface area contributed by atoms with Crippen molar-refractivity contribution in [2.45, 2.75) is 24.7 Å². The largest absolute Gasteiger partial charge is 0.326 e. The van der Waals surface area contributed by atoms with Crippen LogP contribution in [0.15, 0.2) is 64.5 Å². The third kappa shape index (κ3) is 4.62. The maximum absolute atomic E-state index is 12.8. The molecule has 0 saturated heterocycles. The highest BCUT2D eigenvalue weighted by Gasteiger charge is 2.34. The summed E-state index contributed by atoms with van der Waals surface area (Å²) in [6.45, 7) is 5.62. The first-order valence-electron chi connectivity index (χ1n) is 9.41. The van der Waals surface area contributed by atoms with E-state index in [0.717, 1.165) is 4.31 Å². The van der Waals surface area contributed by atoms with Gasteiger partial charge in [-0.15, -0.1) is 0 Å². The van der Waals surface area contributed by atoms with Gasteiger partial charge in [0.15, 0.2) is 5.84 Å². The lowest BCUT2D eigenvalue weighted by Crippen LogP contribution is -2.39. The minimum atomic E-state index is -3.87. The molecule has 0 unspecified atom stereocenters. The number of sulfonamides is 1. The first-order valence-corrected chi connectivity index (χ1v) is 11.2. The number of carbonyl (C=O) groups is 2. The second-order valence-corrected chi connectivity index (χ2v) is 9.15. The highest BCUT2D eigenvalue weighted by Crippen LogP contribution is 2.33. The van der Waals surface area contributed by atoms with Crippen LogP contribution in [0, 0.1) is 0 Å². The van der Waals surface area contributed by atoms with E-state index in [1.54, 1.807) is 24.3 Å². The van der Waals surface area contributed by atoms with Crippen molar-refractivity contribution >= 4 is 56.3 Å². The molecule has 8 nitrogen and oxygen atoms in total. The van der Waals surface area contributed by atoms with Gasteiger partial charge in [0.05, 0.1) is 22.0 Å². The Morgan fingerprint density at radius 2 is 1.87 bits per heavy atom. The number of hydrogen-bond donors (Lipinski definition) is 2. The highest BCUT2D eigenvalue weighted by atomic mass is 35.5. The molecule has 0 radical (unpaired) electrons. The number of halogens is 1. The molecule has 0 spiro atoms. The van der Waals surface area contributed by atoms with E-state index in [0.29, 0.717) is 18.5 Å². The molecule has 0 fully saturated rings. The predicted molar refractivity (Wildman–Crippen MR) is 121 cm³/mol. The van der Waals surface area contributed by atoms with E-state index in [2.05, 4.69) is 22.2 Å². The topological polar surface area (TPSA) is 108 Å². The first kappa shape index (κ1) is 22.5. The lowest BCUT2D eigenvalue weighted by molar-refractivity contribution is -0.116. The van der Waals surface area contributed by atoms with E-state index >= 15 is 0 Å². The number of amides is 2. The van der Waals surface area contributed by atoms with Gasteiger partial charge in [-0.3, -0.25) is 13.9 Å². The molecule has 1 aliphatic rings. The molecule has 0 aliphatic carbocycles. The lowest BCUT2D eigenvalue weighted by atomic mass is 10.2. The fraction of sp³-hybridized carbons (Fsp3) is 0.190. The molecule has 3 rings (SSSR count). The normalized spacial score (nSPS) is 14.3. The summed E-state index contributed by atoms with van der Waals surface area (Å²) in [5.74, 6) is -0.938. The molecule has 1 heterocycles. The molecule has 2 aromatic carbocycles. The molecule has 2 N–H and O–H groups in total. The molecule has 10 heteroatoms. The Hall–Kier alpha value is -3.17. The van der Waals surface area contributed by atoms with Gasteiger partial charge in [-0.05, 0) is 36.8 Å². The number of benzene rings is 2. The van der Waals surface area contributed by atoms with Gasteiger partial charge in [-0.25, -0.2) is 13.4 Å². The Kier molecular flexibility index (Phi) is 6.47. The van der Waals surface area contributed by atoms with Crippen LogP contribution >= 0.6 is 11.6 Å². The molecule has 0 atom stereocenters. The minimum absolute atomic E-state index is 0.0491.